The molecular weight excluding hydrogens is 282 g/mol. The van der Waals surface area contributed by atoms with Gasteiger partial charge in [0.15, 0.2) is 0 Å². The third-order valence-electron chi connectivity index (χ3n) is 2.47. The van der Waals surface area contributed by atoms with Crippen molar-refractivity contribution in [1.82, 2.24) is 0 Å². The molecule has 5 nitrogen and oxygen atoms in total. The lowest BCUT2D eigenvalue weighted by atomic mass is 10.1. The lowest BCUT2D eigenvalue weighted by molar-refractivity contribution is 0.0110. The highest BCUT2D eigenvalue weighted by Gasteiger charge is 2.28. The Morgan fingerprint density at radius 3 is 2.52 bits per heavy atom. The second-order valence-corrected chi connectivity index (χ2v) is 5.71. The molecule has 1 amide bonds. The summed E-state index contributed by atoms with van der Waals surface area (Å²) in [6.07, 6.45) is -1.41. The zero-order valence-corrected chi connectivity index (χ0v) is 12.2. The van der Waals surface area contributed by atoms with E-state index in [0.29, 0.717) is 0 Å². The normalized spacial score (nSPS) is 12.1. The molecule has 0 aliphatic rings. The number of hydrogen-bond donors (Lipinski definition) is 3. The van der Waals surface area contributed by atoms with Gasteiger partial charge in [0.1, 0.15) is 11.4 Å². The minimum atomic E-state index is -3.12. The third-order valence-corrected chi connectivity index (χ3v) is 2.47. The molecule has 0 unspecified atom stereocenters. The molecule has 0 aliphatic heterocycles. The van der Waals surface area contributed by atoms with Crippen molar-refractivity contribution in [2.24, 2.45) is 5.73 Å². The second kappa shape index (κ2) is 6.26. The van der Waals surface area contributed by atoms with Crippen molar-refractivity contribution in [3.8, 4) is 5.75 Å². The number of aromatic hydroxyl groups is 1. The van der Waals surface area contributed by atoms with Crippen LogP contribution in [0, 0.1) is 0 Å². The van der Waals surface area contributed by atoms with Gasteiger partial charge in [-0.15, -0.1) is 0 Å². The van der Waals surface area contributed by atoms with Crippen LogP contribution in [0.15, 0.2) is 18.2 Å². The van der Waals surface area contributed by atoms with E-state index < -0.39 is 30.6 Å². The quantitative estimate of drug-likeness (QED) is 0.747. The molecule has 0 aromatic heterocycles. The van der Waals surface area contributed by atoms with Crippen LogP contribution in [-0.2, 0) is 11.2 Å². The fourth-order valence-electron chi connectivity index (χ4n) is 1.58. The first-order valence-electron chi connectivity index (χ1n) is 6.42. The third kappa shape index (κ3) is 5.95. The topological polar surface area (TPSA) is 84.6 Å². The van der Waals surface area contributed by atoms with Gasteiger partial charge in [-0.2, -0.15) is 0 Å². The Morgan fingerprint density at radius 1 is 1.38 bits per heavy atom. The van der Waals surface area contributed by atoms with E-state index in [4.69, 9.17) is 10.5 Å². The Labute approximate surface area is 122 Å². The second-order valence-electron chi connectivity index (χ2n) is 5.71. The SMILES string of the molecule is CC(C)(C)OC(=O)Nc1ccc(O)c(CC(F)(F)CN)c1. The number of phenolic OH excluding ortho intramolecular Hbond substituents is 1. The highest BCUT2D eigenvalue weighted by Crippen LogP contribution is 2.28. The number of nitrogens with one attached hydrogen (secondary N) is 1. The molecule has 1 aromatic rings. The van der Waals surface area contributed by atoms with E-state index in [1.165, 1.54) is 18.2 Å². The van der Waals surface area contributed by atoms with Crippen LogP contribution in [0.4, 0.5) is 19.3 Å². The molecule has 0 radical (unpaired) electrons. The minimum absolute atomic E-state index is 0.000918. The van der Waals surface area contributed by atoms with Crippen molar-refractivity contribution >= 4 is 11.8 Å². The minimum Gasteiger partial charge on any atom is -0.508 e. The largest absolute Gasteiger partial charge is 0.508 e. The molecular formula is C14H20F2N2O3. The van der Waals surface area contributed by atoms with Crippen molar-refractivity contribution in [3.05, 3.63) is 23.8 Å². The summed E-state index contributed by atoms with van der Waals surface area (Å²) in [5.41, 5.74) is 4.55. The number of carbonyl (C=O) groups excluding carboxylic acids is 1. The summed E-state index contributed by atoms with van der Waals surface area (Å²) in [7, 11) is 0. The zero-order valence-electron chi connectivity index (χ0n) is 12.2. The number of carbonyl (C=O) groups is 1. The number of rotatable bonds is 4. The van der Waals surface area contributed by atoms with E-state index in [1.54, 1.807) is 20.8 Å². The molecule has 0 atom stereocenters. The molecule has 0 saturated heterocycles. The average Bonchev–Trinajstić information content (AvgIpc) is 2.30. The van der Waals surface area contributed by atoms with Crippen LogP contribution >= 0.6 is 0 Å². The summed E-state index contributed by atoms with van der Waals surface area (Å²) in [5, 5.41) is 12.0. The number of alkyl halides is 2. The van der Waals surface area contributed by atoms with Crippen molar-refractivity contribution < 1.29 is 23.4 Å². The summed E-state index contributed by atoms with van der Waals surface area (Å²) >= 11 is 0. The fraction of sp³-hybridized carbons (Fsp3) is 0.500. The standard InChI is InChI=1S/C14H20F2N2O3/c1-13(2,3)21-12(20)18-10-4-5-11(19)9(6-10)7-14(15,16)8-17/h4-6,19H,7-8,17H2,1-3H3,(H,18,20). The van der Waals surface area contributed by atoms with Gasteiger partial charge >= 0.3 is 6.09 Å². The van der Waals surface area contributed by atoms with Gasteiger partial charge in [-0.05, 0) is 39.0 Å². The van der Waals surface area contributed by atoms with Crippen LogP contribution in [0.5, 0.6) is 5.75 Å². The maximum Gasteiger partial charge on any atom is 0.412 e. The molecule has 0 aliphatic carbocycles. The number of anilines is 1. The van der Waals surface area contributed by atoms with Crippen molar-refractivity contribution in [2.75, 3.05) is 11.9 Å². The molecule has 0 saturated carbocycles. The number of hydrogen-bond acceptors (Lipinski definition) is 4. The van der Waals surface area contributed by atoms with E-state index in [0.717, 1.165) is 0 Å². The highest BCUT2D eigenvalue weighted by atomic mass is 19.3. The van der Waals surface area contributed by atoms with Crippen LogP contribution < -0.4 is 11.1 Å². The zero-order chi connectivity index (χ0) is 16.3. The highest BCUT2D eigenvalue weighted by molar-refractivity contribution is 5.85. The maximum atomic E-state index is 13.3. The van der Waals surface area contributed by atoms with Crippen molar-refractivity contribution in [3.63, 3.8) is 0 Å². The van der Waals surface area contributed by atoms with Crippen LogP contribution in [0.1, 0.15) is 26.3 Å². The van der Waals surface area contributed by atoms with E-state index in [1.807, 2.05) is 0 Å². The molecule has 0 fully saturated rings. The monoisotopic (exact) mass is 302 g/mol. The Hall–Kier alpha value is -1.89. The van der Waals surface area contributed by atoms with Gasteiger partial charge < -0.3 is 15.6 Å². The molecule has 118 valence electrons. The van der Waals surface area contributed by atoms with Crippen LogP contribution in [0.2, 0.25) is 0 Å². The van der Waals surface area contributed by atoms with Gasteiger partial charge in [-0.25, -0.2) is 13.6 Å². The first kappa shape index (κ1) is 17.2. The van der Waals surface area contributed by atoms with E-state index >= 15 is 0 Å². The summed E-state index contributed by atoms with van der Waals surface area (Å²) in [4.78, 5) is 11.6. The molecule has 1 aromatic carbocycles. The first-order chi connectivity index (χ1) is 9.52. The summed E-state index contributed by atoms with van der Waals surface area (Å²) < 4.78 is 31.6. The lowest BCUT2D eigenvalue weighted by Crippen LogP contribution is -2.30. The Balaban J connectivity index is 2.85. The van der Waals surface area contributed by atoms with E-state index in [-0.39, 0.29) is 17.0 Å². The Morgan fingerprint density at radius 2 is 2.00 bits per heavy atom. The molecule has 0 bridgehead atoms. The van der Waals surface area contributed by atoms with Gasteiger partial charge in [0.05, 0.1) is 6.54 Å². The van der Waals surface area contributed by atoms with Crippen LogP contribution in [-0.4, -0.2) is 29.3 Å². The van der Waals surface area contributed by atoms with Gasteiger partial charge in [0.2, 0.25) is 0 Å². The van der Waals surface area contributed by atoms with Gasteiger partial charge in [-0.3, -0.25) is 5.32 Å². The van der Waals surface area contributed by atoms with Gasteiger partial charge in [0.25, 0.3) is 5.92 Å². The predicted octanol–water partition coefficient (Wildman–Crippen LogP) is 2.88. The molecule has 21 heavy (non-hydrogen) atoms. The fourth-order valence-corrected chi connectivity index (χ4v) is 1.58. The van der Waals surface area contributed by atoms with E-state index in [9.17, 15) is 18.7 Å². The summed E-state index contributed by atoms with van der Waals surface area (Å²) in [5.74, 6) is -3.40. The number of halogens is 2. The molecule has 0 heterocycles. The number of benzene rings is 1. The Bertz CT molecular complexity index is 513. The van der Waals surface area contributed by atoms with Gasteiger partial charge in [-0.1, -0.05) is 0 Å². The first-order valence-corrected chi connectivity index (χ1v) is 6.42. The number of phenols is 1. The summed E-state index contributed by atoms with van der Waals surface area (Å²) in [6, 6.07) is 3.89. The smallest absolute Gasteiger partial charge is 0.412 e. The van der Waals surface area contributed by atoms with Crippen molar-refractivity contribution in [2.45, 2.75) is 38.7 Å². The van der Waals surface area contributed by atoms with Gasteiger partial charge in [0, 0.05) is 17.7 Å². The average molecular weight is 302 g/mol. The number of nitrogens with two attached hydrogens (primary N) is 1. The van der Waals surface area contributed by atoms with E-state index in [2.05, 4.69) is 5.32 Å². The Kier molecular flexibility index (Phi) is 5.11. The summed E-state index contributed by atoms with van der Waals surface area (Å²) in [6.45, 7) is 4.29. The molecule has 4 N–H and O–H groups in total. The van der Waals surface area contributed by atoms with Crippen LogP contribution in [0.3, 0.4) is 0 Å². The molecule has 1 rings (SSSR count). The van der Waals surface area contributed by atoms with Crippen molar-refractivity contribution in [1.29, 1.82) is 0 Å². The van der Waals surface area contributed by atoms with Crippen LogP contribution in [0.25, 0.3) is 0 Å². The lowest BCUT2D eigenvalue weighted by Gasteiger charge is -2.20. The molecule has 0 spiro atoms. The maximum absolute atomic E-state index is 13.3. The number of amides is 1. The number of ether oxygens (including phenoxy) is 1. The molecule has 7 heteroatoms. The predicted molar refractivity (Wildman–Crippen MR) is 75.7 cm³/mol.